The molecule has 2 atom stereocenters. The summed E-state index contributed by atoms with van der Waals surface area (Å²) in [4.78, 5) is 36.9. The Kier molecular flexibility index (Phi) is 10.8. The number of rotatable bonds is 11. The standard InChI is InChI=1S/C35H38Cl2N4O8S/c1-35(31-24(36)18-40(44)19-25(31)37,22-7-9-27(45-2)28(16-22)46-3)49-33(42)30-10-8-23(50-30)17-41(26-6-5-13-38-32(26)47-4)34(43)48-29-20-39-14-11-21(29)12-15-39/h5-10,13,16,18,21,29,44H,11-12,14-15,17,19-20H2,1-4H3/t29-,35-/m0/s1. The summed E-state index contributed by atoms with van der Waals surface area (Å²) >= 11 is 14.5. The van der Waals surface area contributed by atoms with E-state index in [9.17, 15) is 14.8 Å². The number of thiophene rings is 1. The fraction of sp³-hybridized carbons (Fsp3) is 0.400. The first-order valence-corrected chi connectivity index (χ1v) is 17.6. The number of carbonyl (C=O) groups excluding carboxylic acids is 2. The molecule has 7 rings (SSSR count). The van der Waals surface area contributed by atoms with Gasteiger partial charge in [-0.25, -0.2) is 14.6 Å². The second-order valence-corrected chi connectivity index (χ2v) is 14.3. The lowest BCUT2D eigenvalue weighted by Gasteiger charge is -2.44. The van der Waals surface area contributed by atoms with E-state index in [0.717, 1.165) is 31.0 Å². The minimum absolute atomic E-state index is 0.0694. The Morgan fingerprint density at radius 1 is 1.06 bits per heavy atom. The van der Waals surface area contributed by atoms with Crippen molar-refractivity contribution in [1.29, 1.82) is 0 Å². The molecule has 50 heavy (non-hydrogen) atoms. The molecule has 4 aliphatic rings. The van der Waals surface area contributed by atoms with Crippen LogP contribution in [0.3, 0.4) is 0 Å². The van der Waals surface area contributed by atoms with Gasteiger partial charge in [-0.2, -0.15) is 0 Å². The van der Waals surface area contributed by atoms with E-state index >= 15 is 0 Å². The molecular formula is C35H38Cl2N4O8S. The average molecular weight is 746 g/mol. The first-order valence-electron chi connectivity index (χ1n) is 16.0. The predicted octanol–water partition coefficient (Wildman–Crippen LogP) is 6.76. The number of nitrogens with zero attached hydrogens (tertiary/aromatic N) is 4. The van der Waals surface area contributed by atoms with E-state index in [1.807, 2.05) is 0 Å². The number of esters is 1. The van der Waals surface area contributed by atoms with E-state index in [2.05, 4.69) is 9.88 Å². The number of methoxy groups -OCH3 is 3. The van der Waals surface area contributed by atoms with Crippen LogP contribution in [-0.2, 0) is 21.6 Å². The minimum Gasteiger partial charge on any atom is -0.493 e. The number of aromatic nitrogens is 1. The van der Waals surface area contributed by atoms with Crippen LogP contribution in [0, 0.1) is 5.92 Å². The summed E-state index contributed by atoms with van der Waals surface area (Å²) in [5.41, 5.74) is -0.287. The zero-order valence-corrected chi connectivity index (χ0v) is 30.4. The van der Waals surface area contributed by atoms with Crippen molar-refractivity contribution in [2.45, 2.75) is 38.0 Å². The molecule has 3 fully saturated rings. The van der Waals surface area contributed by atoms with Crippen molar-refractivity contribution in [1.82, 2.24) is 14.9 Å². The summed E-state index contributed by atoms with van der Waals surface area (Å²) in [5.74, 6) is 0.803. The van der Waals surface area contributed by atoms with Crippen LogP contribution in [0.5, 0.6) is 17.4 Å². The lowest BCUT2D eigenvalue weighted by molar-refractivity contribution is -0.0346. The maximum absolute atomic E-state index is 14.0. The average Bonchev–Trinajstić information content (AvgIpc) is 3.59. The van der Waals surface area contributed by atoms with Crippen molar-refractivity contribution in [3.63, 3.8) is 0 Å². The highest BCUT2D eigenvalue weighted by molar-refractivity contribution is 7.14. The highest BCUT2D eigenvalue weighted by atomic mass is 35.5. The molecule has 4 aliphatic heterocycles. The van der Waals surface area contributed by atoms with Crippen LogP contribution in [0.1, 0.15) is 39.9 Å². The van der Waals surface area contributed by atoms with Crippen LogP contribution in [0.15, 0.2) is 70.5 Å². The Hall–Kier alpha value is -4.01. The third kappa shape index (κ3) is 7.24. The monoisotopic (exact) mass is 744 g/mol. The maximum atomic E-state index is 14.0. The van der Waals surface area contributed by atoms with E-state index in [1.165, 1.54) is 43.8 Å². The molecule has 0 radical (unpaired) electrons. The zero-order chi connectivity index (χ0) is 35.6. The molecule has 2 bridgehead atoms. The van der Waals surface area contributed by atoms with Crippen LogP contribution < -0.4 is 19.1 Å². The van der Waals surface area contributed by atoms with Gasteiger partial charge in [-0.1, -0.05) is 29.3 Å². The molecule has 0 unspecified atom stereocenters. The first-order chi connectivity index (χ1) is 24.0. The van der Waals surface area contributed by atoms with Gasteiger partial charge >= 0.3 is 12.1 Å². The number of ether oxygens (including phenoxy) is 5. The van der Waals surface area contributed by atoms with Gasteiger partial charge in [0.05, 0.1) is 39.5 Å². The van der Waals surface area contributed by atoms with Crippen molar-refractivity contribution >= 4 is 52.3 Å². The van der Waals surface area contributed by atoms with E-state index in [0.29, 0.717) is 45.7 Å². The molecule has 15 heteroatoms. The fourth-order valence-electron chi connectivity index (χ4n) is 6.66. The van der Waals surface area contributed by atoms with Gasteiger partial charge in [0.1, 0.15) is 16.7 Å². The predicted molar refractivity (Wildman–Crippen MR) is 188 cm³/mol. The first kappa shape index (κ1) is 35.8. The van der Waals surface area contributed by atoms with Crippen LogP contribution in [-0.4, -0.2) is 85.8 Å². The molecular weight excluding hydrogens is 707 g/mol. The number of benzene rings is 1. The molecule has 1 aromatic carbocycles. The normalized spacial score (nSPS) is 21.2. The molecule has 3 aromatic rings. The van der Waals surface area contributed by atoms with Crippen LogP contribution in [0.2, 0.25) is 0 Å². The number of hydrogen-bond acceptors (Lipinski definition) is 12. The summed E-state index contributed by atoms with van der Waals surface area (Å²) in [6, 6.07) is 12.0. The molecule has 0 saturated carbocycles. The van der Waals surface area contributed by atoms with Gasteiger partial charge in [0.2, 0.25) is 5.88 Å². The SMILES string of the molecule is COc1ccc([C@](C)(OC(=O)c2ccc(CN(C(=O)O[C@H]3CN4CCC3CC4)c3cccnc3OC)s2)C2=C(Cl)CN(O)C=C2Cl)cc1OC. The number of pyridine rings is 1. The van der Waals surface area contributed by atoms with E-state index < -0.39 is 17.7 Å². The largest absolute Gasteiger partial charge is 0.493 e. The maximum Gasteiger partial charge on any atom is 0.415 e. The topological polar surface area (TPSA) is 123 Å². The van der Waals surface area contributed by atoms with Gasteiger partial charge in [0.25, 0.3) is 0 Å². The number of halogens is 2. The quantitative estimate of drug-likeness (QED) is 0.210. The summed E-state index contributed by atoms with van der Waals surface area (Å²) in [5, 5.41) is 11.2. The lowest BCUT2D eigenvalue weighted by Crippen LogP contribution is -2.53. The highest BCUT2D eigenvalue weighted by Crippen LogP contribution is 2.46. The zero-order valence-electron chi connectivity index (χ0n) is 28.1. The van der Waals surface area contributed by atoms with E-state index in [-0.39, 0.29) is 40.0 Å². The van der Waals surface area contributed by atoms with Gasteiger partial charge in [0.15, 0.2) is 17.1 Å². The van der Waals surface area contributed by atoms with Gasteiger partial charge in [-0.15, -0.1) is 11.3 Å². The minimum atomic E-state index is -1.53. The van der Waals surface area contributed by atoms with Crippen molar-refractivity contribution < 1.29 is 38.5 Å². The van der Waals surface area contributed by atoms with Crippen molar-refractivity contribution in [3.05, 3.63) is 85.8 Å². The molecule has 266 valence electrons. The number of hydrogen-bond donors (Lipinski definition) is 1. The molecule has 2 aromatic heterocycles. The van der Waals surface area contributed by atoms with E-state index in [4.69, 9.17) is 46.9 Å². The molecule has 6 heterocycles. The van der Waals surface area contributed by atoms with Crippen LogP contribution >= 0.6 is 34.5 Å². The lowest BCUT2D eigenvalue weighted by atomic mass is 9.85. The molecule has 0 aliphatic carbocycles. The Labute approximate surface area is 304 Å². The van der Waals surface area contributed by atoms with Crippen molar-refractivity contribution in [3.8, 4) is 17.4 Å². The van der Waals surface area contributed by atoms with Gasteiger partial charge in [-0.3, -0.25) is 20.1 Å². The Morgan fingerprint density at radius 3 is 2.48 bits per heavy atom. The highest BCUT2D eigenvalue weighted by Gasteiger charge is 2.42. The van der Waals surface area contributed by atoms with Crippen molar-refractivity contribution in [2.24, 2.45) is 5.92 Å². The number of piperidine rings is 3. The molecule has 1 amide bonds. The molecule has 3 saturated heterocycles. The third-order valence-electron chi connectivity index (χ3n) is 9.26. The van der Waals surface area contributed by atoms with Gasteiger partial charge in [0, 0.05) is 40.0 Å². The Bertz CT molecular complexity index is 1810. The number of fused-ring (bicyclic) bond motifs is 3. The second kappa shape index (κ2) is 15.1. The number of amides is 1. The van der Waals surface area contributed by atoms with Crippen molar-refractivity contribution in [2.75, 3.05) is 52.4 Å². The molecule has 1 N–H and O–H groups in total. The number of carbonyl (C=O) groups is 2. The summed E-state index contributed by atoms with van der Waals surface area (Å²) < 4.78 is 28.8. The fourth-order valence-corrected chi connectivity index (χ4v) is 8.39. The van der Waals surface area contributed by atoms with E-state index in [1.54, 1.807) is 55.6 Å². The molecule has 0 spiro atoms. The van der Waals surface area contributed by atoms with Gasteiger partial charge < -0.3 is 23.7 Å². The van der Waals surface area contributed by atoms with Crippen LogP contribution in [0.4, 0.5) is 10.5 Å². The number of hydroxylamine groups is 2. The summed E-state index contributed by atoms with van der Waals surface area (Å²) in [7, 11) is 4.51. The third-order valence-corrected chi connectivity index (χ3v) is 10.9. The summed E-state index contributed by atoms with van der Waals surface area (Å²) in [6.45, 7) is 4.43. The number of anilines is 1. The Morgan fingerprint density at radius 2 is 1.82 bits per heavy atom. The second-order valence-electron chi connectivity index (χ2n) is 12.3. The van der Waals surface area contributed by atoms with Crippen LogP contribution in [0.25, 0.3) is 0 Å². The summed E-state index contributed by atoms with van der Waals surface area (Å²) in [6.07, 6.45) is 4.14. The Balaban J connectivity index is 1.29. The van der Waals surface area contributed by atoms with Gasteiger partial charge in [-0.05, 0) is 75.2 Å². The smallest absolute Gasteiger partial charge is 0.415 e. The molecule has 12 nitrogen and oxygen atoms in total.